The van der Waals surface area contributed by atoms with Crippen LogP contribution in [-0.2, 0) is 17.5 Å². The van der Waals surface area contributed by atoms with Gasteiger partial charge in [0.1, 0.15) is 11.9 Å². The molecule has 0 radical (unpaired) electrons. The van der Waals surface area contributed by atoms with Gasteiger partial charge in [-0.25, -0.2) is 0 Å². The highest BCUT2D eigenvalue weighted by atomic mass is 19.4. The van der Waals surface area contributed by atoms with Crippen molar-refractivity contribution in [2.24, 2.45) is 0 Å². The molecule has 1 unspecified atom stereocenters. The Morgan fingerprint density at radius 3 is 2.67 bits per heavy atom. The predicted molar refractivity (Wildman–Crippen MR) is 116 cm³/mol. The summed E-state index contributed by atoms with van der Waals surface area (Å²) in [5.74, 6) is -0.314. The molecule has 0 aliphatic carbocycles. The first kappa shape index (κ1) is 21.3. The molecule has 1 aromatic heterocycles. The number of amides is 1. The van der Waals surface area contributed by atoms with Crippen LogP contribution in [0, 0.1) is 0 Å². The van der Waals surface area contributed by atoms with Crippen molar-refractivity contribution in [1.82, 2.24) is 4.98 Å². The number of hydrogen-bond acceptors (Lipinski definition) is 5. The SMILES string of the molecule is O=C1c2c(cccc2Nc2ccncc2)CN1c1cc(OC2CCOC2)cc(C(F)(F)F)c1. The molecule has 0 spiro atoms. The van der Waals surface area contributed by atoms with E-state index >= 15 is 0 Å². The zero-order valence-corrected chi connectivity index (χ0v) is 17.4. The number of benzene rings is 2. The van der Waals surface area contributed by atoms with Crippen LogP contribution in [0.25, 0.3) is 0 Å². The molecule has 1 fully saturated rings. The molecule has 170 valence electrons. The summed E-state index contributed by atoms with van der Waals surface area (Å²) in [6, 6.07) is 12.3. The molecule has 33 heavy (non-hydrogen) atoms. The summed E-state index contributed by atoms with van der Waals surface area (Å²) < 4.78 is 51.8. The second kappa shape index (κ2) is 8.40. The number of halogens is 3. The van der Waals surface area contributed by atoms with Gasteiger partial charge in [0.05, 0.1) is 36.6 Å². The molecule has 1 atom stereocenters. The topological polar surface area (TPSA) is 63.7 Å². The van der Waals surface area contributed by atoms with E-state index in [1.807, 2.05) is 0 Å². The molecule has 5 rings (SSSR count). The Balaban J connectivity index is 1.48. The molecule has 0 saturated carbocycles. The van der Waals surface area contributed by atoms with Crippen LogP contribution in [0.3, 0.4) is 0 Å². The average molecular weight is 455 g/mol. The van der Waals surface area contributed by atoms with Crippen LogP contribution < -0.4 is 15.0 Å². The zero-order chi connectivity index (χ0) is 23.0. The number of fused-ring (bicyclic) bond motifs is 1. The Bertz CT molecular complexity index is 1180. The molecule has 1 N–H and O–H groups in total. The van der Waals surface area contributed by atoms with Gasteiger partial charge in [-0.2, -0.15) is 13.2 Å². The van der Waals surface area contributed by atoms with Gasteiger partial charge in [-0.3, -0.25) is 9.78 Å². The lowest BCUT2D eigenvalue weighted by Crippen LogP contribution is -2.24. The molecule has 3 heterocycles. The van der Waals surface area contributed by atoms with Crippen molar-refractivity contribution >= 4 is 23.0 Å². The van der Waals surface area contributed by atoms with E-state index in [1.165, 1.54) is 11.0 Å². The molecule has 9 heteroatoms. The summed E-state index contributed by atoms with van der Waals surface area (Å²) in [6.07, 6.45) is -1.05. The minimum absolute atomic E-state index is 0.0641. The first-order chi connectivity index (χ1) is 15.9. The lowest BCUT2D eigenvalue weighted by atomic mass is 10.1. The molecule has 3 aromatic rings. The molecular weight excluding hydrogens is 435 g/mol. The number of alkyl halides is 3. The maximum atomic E-state index is 13.6. The number of nitrogens with zero attached hydrogens (tertiary/aromatic N) is 2. The largest absolute Gasteiger partial charge is 0.488 e. The van der Waals surface area contributed by atoms with E-state index < -0.39 is 11.7 Å². The molecule has 0 bridgehead atoms. The van der Waals surface area contributed by atoms with Crippen molar-refractivity contribution in [3.05, 3.63) is 77.6 Å². The summed E-state index contributed by atoms with van der Waals surface area (Å²) in [5.41, 5.74) is 1.75. The molecular formula is C24H20F3N3O3. The van der Waals surface area contributed by atoms with Gasteiger partial charge in [-0.05, 0) is 35.9 Å². The van der Waals surface area contributed by atoms with E-state index in [2.05, 4.69) is 10.3 Å². The smallest absolute Gasteiger partial charge is 0.416 e. The average Bonchev–Trinajstić information content (AvgIpc) is 3.42. The third-order valence-corrected chi connectivity index (χ3v) is 5.62. The van der Waals surface area contributed by atoms with Crippen molar-refractivity contribution in [3.8, 4) is 5.75 Å². The summed E-state index contributed by atoms with van der Waals surface area (Å²) in [4.78, 5) is 18.7. The van der Waals surface area contributed by atoms with Crippen molar-refractivity contribution in [3.63, 3.8) is 0 Å². The monoisotopic (exact) mass is 455 g/mol. The molecule has 6 nitrogen and oxygen atoms in total. The summed E-state index contributed by atoms with van der Waals surface area (Å²) >= 11 is 0. The van der Waals surface area contributed by atoms with E-state index in [1.54, 1.807) is 42.7 Å². The Hall–Kier alpha value is -3.59. The standard InChI is InChI=1S/C24H20F3N3O3/c25-24(26,27)16-10-18(12-20(11-16)33-19-6-9-32-14-19)30-13-15-2-1-3-21(22(15)23(30)31)29-17-4-7-28-8-5-17/h1-5,7-8,10-12,19H,6,9,13-14H2,(H,28,29). The first-order valence-corrected chi connectivity index (χ1v) is 10.5. The van der Waals surface area contributed by atoms with E-state index in [0.717, 1.165) is 23.4 Å². The van der Waals surface area contributed by atoms with Crippen LogP contribution in [0.15, 0.2) is 60.9 Å². The second-order valence-corrected chi connectivity index (χ2v) is 7.91. The third-order valence-electron chi connectivity index (χ3n) is 5.62. The number of carbonyl (C=O) groups is 1. The molecule has 1 amide bonds. The summed E-state index contributed by atoms with van der Waals surface area (Å²) in [6.45, 7) is 0.987. The number of hydrogen-bond donors (Lipinski definition) is 1. The highest BCUT2D eigenvalue weighted by Gasteiger charge is 2.36. The number of rotatable bonds is 5. The Kier molecular flexibility index (Phi) is 5.41. The van der Waals surface area contributed by atoms with Gasteiger partial charge in [-0.15, -0.1) is 0 Å². The van der Waals surface area contributed by atoms with Crippen molar-refractivity contribution in [2.75, 3.05) is 23.4 Å². The third kappa shape index (κ3) is 4.36. The Labute approximate surface area is 188 Å². The van der Waals surface area contributed by atoms with Crippen LogP contribution in [0.1, 0.15) is 27.9 Å². The summed E-state index contributed by atoms with van der Waals surface area (Å²) in [5, 5.41) is 3.20. The minimum atomic E-state index is -4.58. The van der Waals surface area contributed by atoms with E-state index in [-0.39, 0.29) is 30.0 Å². The normalized spacial score (nSPS) is 17.8. The van der Waals surface area contributed by atoms with E-state index in [9.17, 15) is 18.0 Å². The first-order valence-electron chi connectivity index (χ1n) is 10.5. The van der Waals surface area contributed by atoms with Crippen LogP contribution in [0.5, 0.6) is 5.75 Å². The number of ether oxygens (including phenoxy) is 2. The number of pyridine rings is 1. The van der Waals surface area contributed by atoms with Gasteiger partial charge in [0.15, 0.2) is 0 Å². The van der Waals surface area contributed by atoms with Crippen LogP contribution >= 0.6 is 0 Å². The Morgan fingerprint density at radius 1 is 1.12 bits per heavy atom. The minimum Gasteiger partial charge on any atom is -0.488 e. The van der Waals surface area contributed by atoms with Crippen molar-refractivity contribution in [2.45, 2.75) is 25.2 Å². The van der Waals surface area contributed by atoms with Crippen molar-refractivity contribution in [1.29, 1.82) is 0 Å². The fourth-order valence-corrected chi connectivity index (χ4v) is 4.03. The van der Waals surface area contributed by atoms with Crippen LogP contribution in [0.4, 0.5) is 30.2 Å². The van der Waals surface area contributed by atoms with Gasteiger partial charge in [-0.1, -0.05) is 12.1 Å². The number of anilines is 3. The fourth-order valence-electron chi connectivity index (χ4n) is 4.03. The van der Waals surface area contributed by atoms with Gasteiger partial charge >= 0.3 is 6.18 Å². The van der Waals surface area contributed by atoms with Gasteiger partial charge < -0.3 is 19.7 Å². The van der Waals surface area contributed by atoms with Crippen molar-refractivity contribution < 1.29 is 27.4 Å². The molecule has 2 aliphatic heterocycles. The van der Waals surface area contributed by atoms with Crippen LogP contribution in [-0.4, -0.2) is 30.2 Å². The Morgan fingerprint density at radius 2 is 1.94 bits per heavy atom. The summed E-state index contributed by atoms with van der Waals surface area (Å²) in [7, 11) is 0. The number of nitrogens with one attached hydrogen (secondary N) is 1. The highest BCUT2D eigenvalue weighted by Crippen LogP contribution is 2.39. The predicted octanol–water partition coefficient (Wildman–Crippen LogP) is 5.17. The molecule has 2 aliphatic rings. The number of aromatic nitrogens is 1. The maximum absolute atomic E-state index is 13.6. The molecule has 1 saturated heterocycles. The lowest BCUT2D eigenvalue weighted by molar-refractivity contribution is -0.137. The lowest BCUT2D eigenvalue weighted by Gasteiger charge is -2.21. The van der Waals surface area contributed by atoms with Gasteiger partial charge in [0.2, 0.25) is 0 Å². The van der Waals surface area contributed by atoms with Crippen LogP contribution in [0.2, 0.25) is 0 Å². The fraction of sp³-hybridized carbons (Fsp3) is 0.250. The zero-order valence-electron chi connectivity index (χ0n) is 17.4. The van der Waals surface area contributed by atoms with Gasteiger partial charge in [0, 0.05) is 36.3 Å². The molecule has 2 aromatic carbocycles. The second-order valence-electron chi connectivity index (χ2n) is 7.91. The van der Waals surface area contributed by atoms with Gasteiger partial charge in [0.25, 0.3) is 5.91 Å². The van der Waals surface area contributed by atoms with E-state index in [0.29, 0.717) is 30.9 Å². The number of carbonyl (C=O) groups excluding carboxylic acids is 1. The highest BCUT2D eigenvalue weighted by molar-refractivity contribution is 6.13. The quantitative estimate of drug-likeness (QED) is 0.575. The maximum Gasteiger partial charge on any atom is 0.416 e. The van der Waals surface area contributed by atoms with E-state index in [4.69, 9.17) is 9.47 Å².